The van der Waals surface area contributed by atoms with Crippen molar-refractivity contribution in [2.24, 2.45) is 12.0 Å². The Morgan fingerprint density at radius 2 is 1.83 bits per heavy atom. The molecule has 2 heterocycles. The van der Waals surface area contributed by atoms with E-state index >= 15 is 0 Å². The average molecular weight is 473 g/mol. The quantitative estimate of drug-likeness (QED) is 0.501. The lowest BCUT2D eigenvalue weighted by molar-refractivity contribution is -0.138. The van der Waals surface area contributed by atoms with Crippen molar-refractivity contribution in [3.05, 3.63) is 47.3 Å². The van der Waals surface area contributed by atoms with Gasteiger partial charge in [0.25, 0.3) is 5.91 Å². The summed E-state index contributed by atoms with van der Waals surface area (Å²) in [5.74, 6) is -1.85. The fraction of sp³-hybridized carbons (Fsp3) is 0.312. The Balaban J connectivity index is 2.56. The maximum Gasteiger partial charge on any atom is 0.446 e. The molecule has 0 saturated heterocycles. The average Bonchev–Trinajstić information content (AvgIpc) is 2.61. The second kappa shape index (κ2) is 8.41. The van der Waals surface area contributed by atoms with E-state index in [1.165, 1.54) is 14.0 Å². The maximum absolute atomic E-state index is 12.9. The summed E-state index contributed by atoms with van der Waals surface area (Å²) in [6.45, 7) is 1.18. The summed E-state index contributed by atoms with van der Waals surface area (Å²) in [7, 11) is -2.98. The minimum atomic E-state index is -4.89. The van der Waals surface area contributed by atoms with Crippen LogP contribution in [-0.4, -0.2) is 35.1 Å². The molecule has 1 amide bonds. The van der Waals surface area contributed by atoms with Gasteiger partial charge in [-0.1, -0.05) is 6.92 Å². The predicted octanol–water partition coefficient (Wildman–Crippen LogP) is 3.59. The molecule has 0 spiro atoms. The molecule has 6 nitrogen and oxygen atoms in total. The van der Waals surface area contributed by atoms with Crippen LogP contribution in [0, 0.1) is 0 Å². The Hall–Kier alpha value is -2.35. The van der Waals surface area contributed by atoms with E-state index in [-0.39, 0.29) is 10.4 Å². The number of aromatic nitrogens is 2. The highest BCUT2D eigenvalue weighted by molar-refractivity contribution is 8.00. The van der Waals surface area contributed by atoms with Gasteiger partial charge < -0.3 is 4.57 Å². The van der Waals surface area contributed by atoms with Gasteiger partial charge in [0.05, 0.1) is 16.2 Å². The first-order chi connectivity index (χ1) is 13.6. The highest BCUT2D eigenvalue weighted by Crippen LogP contribution is 2.36. The van der Waals surface area contributed by atoms with Crippen molar-refractivity contribution in [1.29, 1.82) is 0 Å². The Morgan fingerprint density at radius 1 is 1.20 bits per heavy atom. The van der Waals surface area contributed by atoms with Crippen LogP contribution in [0.25, 0.3) is 0 Å². The van der Waals surface area contributed by atoms with Gasteiger partial charge in [-0.25, -0.2) is 13.4 Å². The normalized spacial score (nSPS) is 13.5. The Labute approximate surface area is 170 Å². The third kappa shape index (κ3) is 5.84. The number of nitrogens with zero attached hydrogens (tertiary/aromatic N) is 3. The van der Waals surface area contributed by atoms with Gasteiger partial charge in [-0.3, -0.25) is 4.79 Å². The fourth-order valence-corrected chi connectivity index (χ4v) is 3.86. The first-order valence-electron chi connectivity index (χ1n) is 7.95. The minimum Gasteiger partial charge on any atom is -0.335 e. The molecule has 30 heavy (non-hydrogen) atoms. The van der Waals surface area contributed by atoms with Crippen LogP contribution in [0.5, 0.6) is 0 Å². The first kappa shape index (κ1) is 23.9. The molecule has 0 unspecified atom stereocenters. The molecule has 2 aromatic heterocycles. The van der Waals surface area contributed by atoms with E-state index in [1.807, 2.05) is 0 Å². The van der Waals surface area contributed by atoms with Crippen LogP contribution in [-0.2, 0) is 23.1 Å². The van der Waals surface area contributed by atoms with Crippen LogP contribution >= 0.6 is 11.8 Å². The Kier molecular flexibility index (Phi) is 6.71. The molecule has 0 aliphatic carbocycles. The van der Waals surface area contributed by atoms with Crippen molar-refractivity contribution < 1.29 is 39.6 Å². The van der Waals surface area contributed by atoms with Gasteiger partial charge in [0.2, 0.25) is 0 Å². The lowest BCUT2D eigenvalue weighted by Crippen LogP contribution is -2.21. The third-order valence-corrected chi connectivity index (χ3v) is 6.08. The molecule has 14 heteroatoms. The molecule has 0 N–H and O–H groups in total. The third-order valence-electron chi connectivity index (χ3n) is 3.63. The Morgan fingerprint density at radius 3 is 2.33 bits per heavy atom. The minimum absolute atomic E-state index is 0.159. The first-order valence-corrected chi connectivity index (χ1v) is 10.4. The molecular formula is C16H13F6N3O3S2. The summed E-state index contributed by atoms with van der Waals surface area (Å²) in [5, 5.41) is 0. The largest absolute Gasteiger partial charge is 0.446 e. The lowest BCUT2D eigenvalue weighted by atomic mass is 10.2. The predicted molar refractivity (Wildman–Crippen MR) is 94.2 cm³/mol. The number of hydrogen-bond acceptors (Lipinski definition) is 5. The summed E-state index contributed by atoms with van der Waals surface area (Å²) in [6.07, 6.45) is -3.54. The number of hydrogen-bond donors (Lipinski definition) is 0. The van der Waals surface area contributed by atoms with Crippen LogP contribution in [0.15, 0.2) is 45.4 Å². The van der Waals surface area contributed by atoms with Crippen LogP contribution in [0.1, 0.15) is 23.0 Å². The monoisotopic (exact) mass is 473 g/mol. The second-order valence-electron chi connectivity index (χ2n) is 5.77. The van der Waals surface area contributed by atoms with Gasteiger partial charge in [-0.2, -0.15) is 31.3 Å². The molecule has 0 saturated carbocycles. The van der Waals surface area contributed by atoms with Crippen LogP contribution in [0.2, 0.25) is 0 Å². The zero-order valence-corrected chi connectivity index (χ0v) is 16.9. The summed E-state index contributed by atoms with van der Waals surface area (Å²) in [5.41, 5.74) is -6.87. The van der Waals surface area contributed by atoms with Gasteiger partial charge in [-0.15, -0.1) is 0 Å². The standard InChI is InChI=1S/C16H13F6N3O3S2/c1-3-30(27,28)11-6-9(15(17,18)19)7-23-13(11)14(26)24-12-5-4-10(8-25(12)2)29-16(20,21)22/h4-8H,3H2,1-2H3. The molecule has 0 fully saturated rings. The highest BCUT2D eigenvalue weighted by Gasteiger charge is 2.34. The number of alkyl halides is 6. The number of carbonyl (C=O) groups excluding carboxylic acids is 1. The van der Waals surface area contributed by atoms with E-state index in [0.717, 1.165) is 22.9 Å². The number of carbonyl (C=O) groups is 1. The highest BCUT2D eigenvalue weighted by atomic mass is 32.2. The maximum atomic E-state index is 12.9. The van der Waals surface area contributed by atoms with Gasteiger partial charge in [0.15, 0.2) is 9.84 Å². The van der Waals surface area contributed by atoms with Gasteiger partial charge in [0, 0.05) is 24.3 Å². The number of thioether (sulfide) groups is 1. The summed E-state index contributed by atoms with van der Waals surface area (Å²) >= 11 is -0.394. The molecule has 2 rings (SSSR count). The van der Waals surface area contributed by atoms with Crippen molar-refractivity contribution in [3.8, 4) is 0 Å². The fourth-order valence-electron chi connectivity index (χ4n) is 2.19. The number of aryl methyl sites for hydroxylation is 1. The number of rotatable bonds is 4. The van der Waals surface area contributed by atoms with Crippen molar-refractivity contribution in [2.45, 2.75) is 28.4 Å². The molecule has 164 valence electrons. The second-order valence-corrected chi connectivity index (χ2v) is 9.16. The zero-order chi connectivity index (χ0) is 22.9. The molecule has 0 aliphatic heterocycles. The zero-order valence-electron chi connectivity index (χ0n) is 15.2. The van der Waals surface area contributed by atoms with Crippen LogP contribution in [0.3, 0.4) is 0 Å². The number of sulfone groups is 1. The van der Waals surface area contributed by atoms with Gasteiger partial charge >= 0.3 is 11.7 Å². The molecule has 2 aromatic rings. The van der Waals surface area contributed by atoms with Gasteiger partial charge in [0.1, 0.15) is 11.2 Å². The van der Waals surface area contributed by atoms with Gasteiger partial charge in [-0.05, 0) is 30.0 Å². The number of halogens is 6. The summed E-state index contributed by atoms with van der Waals surface area (Å²) < 4.78 is 102. The van der Waals surface area contributed by atoms with Crippen molar-refractivity contribution in [2.75, 3.05) is 5.75 Å². The summed E-state index contributed by atoms with van der Waals surface area (Å²) in [4.78, 5) is 18.3. The molecule has 0 aromatic carbocycles. The number of amides is 1. The molecular weight excluding hydrogens is 460 g/mol. The lowest BCUT2D eigenvalue weighted by Gasteiger charge is -2.11. The van der Waals surface area contributed by atoms with E-state index in [1.54, 1.807) is 0 Å². The molecule has 0 radical (unpaired) electrons. The smallest absolute Gasteiger partial charge is 0.335 e. The number of pyridine rings is 2. The van der Waals surface area contributed by atoms with Crippen LogP contribution < -0.4 is 5.49 Å². The topological polar surface area (TPSA) is 81.4 Å². The van der Waals surface area contributed by atoms with E-state index in [4.69, 9.17) is 0 Å². The van der Waals surface area contributed by atoms with Crippen molar-refractivity contribution in [3.63, 3.8) is 0 Å². The van der Waals surface area contributed by atoms with E-state index < -0.39 is 61.1 Å². The molecule has 0 aliphatic rings. The Bertz CT molecular complexity index is 1140. The molecule has 0 atom stereocenters. The van der Waals surface area contributed by atoms with Crippen LogP contribution in [0.4, 0.5) is 26.3 Å². The summed E-state index contributed by atoms with van der Waals surface area (Å²) in [6, 6.07) is 2.41. The molecule has 0 bridgehead atoms. The van der Waals surface area contributed by atoms with E-state index in [0.29, 0.717) is 12.3 Å². The van der Waals surface area contributed by atoms with Crippen molar-refractivity contribution >= 4 is 27.5 Å². The van der Waals surface area contributed by atoms with E-state index in [9.17, 15) is 39.6 Å². The SMILES string of the molecule is CCS(=O)(=O)c1cc(C(F)(F)F)cnc1C(=O)N=c1ccc(SC(F)(F)F)cn1C. The van der Waals surface area contributed by atoms with E-state index in [2.05, 4.69) is 9.98 Å². The van der Waals surface area contributed by atoms with Crippen molar-refractivity contribution in [1.82, 2.24) is 9.55 Å².